The first-order valence-electron chi connectivity index (χ1n) is 10.0. The number of nitrogens with zero attached hydrogens (tertiary/aromatic N) is 7. The molecule has 2 aliphatic rings. The molecule has 0 saturated carbocycles. The van der Waals surface area contributed by atoms with Gasteiger partial charge in [0, 0.05) is 76.3 Å². The number of guanidine groups is 1. The number of rotatable bonds is 4. The minimum Gasteiger partial charge on any atom is -0.371 e. The summed E-state index contributed by atoms with van der Waals surface area (Å²) in [6.45, 7) is 6.40. The average molecular weight is 508 g/mol. The van der Waals surface area contributed by atoms with E-state index in [2.05, 4.69) is 41.8 Å². The van der Waals surface area contributed by atoms with E-state index in [9.17, 15) is 0 Å². The molecule has 2 aromatic heterocycles. The Bertz CT molecular complexity index is 757. The third-order valence-corrected chi connectivity index (χ3v) is 5.59. The quantitative estimate of drug-likeness (QED) is 0.383. The van der Waals surface area contributed by atoms with Crippen LogP contribution in [0.5, 0.6) is 0 Å². The van der Waals surface area contributed by atoms with Gasteiger partial charge in [0.15, 0.2) is 5.96 Å². The van der Waals surface area contributed by atoms with Gasteiger partial charge in [-0.25, -0.2) is 9.97 Å². The summed E-state index contributed by atoms with van der Waals surface area (Å²) >= 11 is 0. The van der Waals surface area contributed by atoms with Crippen LogP contribution in [0.1, 0.15) is 12.8 Å². The summed E-state index contributed by atoms with van der Waals surface area (Å²) in [7, 11) is 0. The molecule has 2 aliphatic heterocycles. The second-order valence-electron chi connectivity index (χ2n) is 7.36. The summed E-state index contributed by atoms with van der Waals surface area (Å²) in [4.78, 5) is 24.2. The zero-order chi connectivity index (χ0) is 19.2. The Balaban J connectivity index is 0.00000240. The topological polar surface area (TPSA) is 86.8 Å². The number of nitrogens with two attached hydrogens (primary N) is 1. The van der Waals surface area contributed by atoms with Gasteiger partial charge in [-0.15, -0.1) is 24.0 Å². The van der Waals surface area contributed by atoms with Crippen molar-refractivity contribution < 1.29 is 0 Å². The van der Waals surface area contributed by atoms with Crippen LogP contribution < -0.4 is 15.5 Å². The van der Waals surface area contributed by atoms with Crippen molar-refractivity contribution in [3.8, 4) is 0 Å². The van der Waals surface area contributed by atoms with Crippen molar-refractivity contribution in [2.24, 2.45) is 16.6 Å². The first-order chi connectivity index (χ1) is 13.8. The third-order valence-electron chi connectivity index (χ3n) is 5.59. The molecular formula is C20H29IN8. The molecule has 0 unspecified atom stereocenters. The van der Waals surface area contributed by atoms with E-state index in [1.165, 1.54) is 5.69 Å². The molecule has 8 nitrogen and oxygen atoms in total. The fraction of sp³-hybridized carbons (Fsp3) is 0.500. The van der Waals surface area contributed by atoms with E-state index in [1.807, 2.05) is 18.5 Å². The molecule has 2 fully saturated rings. The van der Waals surface area contributed by atoms with Crippen LogP contribution in [0.3, 0.4) is 0 Å². The predicted octanol–water partition coefficient (Wildman–Crippen LogP) is 1.84. The normalized spacial score (nSPS) is 18.5. The van der Waals surface area contributed by atoms with Crippen molar-refractivity contribution in [3.63, 3.8) is 0 Å². The molecule has 2 aromatic rings. The molecule has 0 amide bonds. The van der Waals surface area contributed by atoms with Gasteiger partial charge in [-0.3, -0.25) is 9.98 Å². The molecule has 0 radical (unpaired) electrons. The summed E-state index contributed by atoms with van der Waals surface area (Å²) in [5.74, 6) is 2.07. The lowest BCUT2D eigenvalue weighted by Gasteiger charge is -2.35. The molecule has 29 heavy (non-hydrogen) atoms. The molecule has 0 aromatic carbocycles. The summed E-state index contributed by atoms with van der Waals surface area (Å²) in [5, 5.41) is 0. The van der Waals surface area contributed by atoms with Gasteiger partial charge in [-0.2, -0.15) is 0 Å². The highest BCUT2D eigenvalue weighted by atomic mass is 127. The maximum atomic E-state index is 6.28. The fourth-order valence-corrected chi connectivity index (χ4v) is 3.84. The van der Waals surface area contributed by atoms with E-state index in [0.29, 0.717) is 11.9 Å². The van der Waals surface area contributed by atoms with Crippen LogP contribution >= 0.6 is 24.0 Å². The molecule has 0 bridgehead atoms. The zero-order valence-electron chi connectivity index (χ0n) is 16.6. The maximum absolute atomic E-state index is 6.28. The Hall–Kier alpha value is -2.17. The van der Waals surface area contributed by atoms with Crippen molar-refractivity contribution in [1.29, 1.82) is 0 Å². The Labute approximate surface area is 189 Å². The molecular weight excluding hydrogens is 479 g/mol. The average Bonchev–Trinajstić information content (AvgIpc) is 2.79. The van der Waals surface area contributed by atoms with Crippen LogP contribution in [-0.2, 0) is 0 Å². The SMILES string of the molecule is I.NC(=NCC1CCN(c2ccncc2)CC1)N1CCN(c2ncccn2)CC1. The highest BCUT2D eigenvalue weighted by Crippen LogP contribution is 2.23. The van der Waals surface area contributed by atoms with Crippen molar-refractivity contribution in [3.05, 3.63) is 43.0 Å². The van der Waals surface area contributed by atoms with Gasteiger partial charge in [-0.1, -0.05) is 0 Å². The molecule has 0 spiro atoms. The number of hydrogen-bond acceptors (Lipinski definition) is 6. The van der Waals surface area contributed by atoms with Crippen molar-refractivity contribution >= 4 is 41.6 Å². The summed E-state index contributed by atoms with van der Waals surface area (Å²) in [5.41, 5.74) is 7.54. The van der Waals surface area contributed by atoms with Gasteiger partial charge in [0.2, 0.25) is 5.95 Å². The predicted molar refractivity (Wildman–Crippen MR) is 127 cm³/mol. The monoisotopic (exact) mass is 508 g/mol. The standard InChI is InChI=1S/C20H28N8.HI/c21-19(27-12-14-28(15-13-27)20-23-6-1-7-24-20)25-16-17-4-10-26(11-5-17)18-2-8-22-9-3-18;/h1-3,6-9,17H,4-5,10-16H2,(H2,21,25);1H. The van der Waals surface area contributed by atoms with E-state index in [1.54, 1.807) is 12.4 Å². The number of halogens is 1. The first-order valence-corrected chi connectivity index (χ1v) is 10.0. The molecule has 4 rings (SSSR count). The van der Waals surface area contributed by atoms with Gasteiger partial charge in [0.25, 0.3) is 0 Å². The van der Waals surface area contributed by atoms with Crippen LogP contribution in [0.4, 0.5) is 11.6 Å². The third kappa shape index (κ3) is 5.68. The van der Waals surface area contributed by atoms with Crippen molar-refractivity contribution in [2.75, 3.05) is 55.6 Å². The number of anilines is 2. The number of aliphatic imine (C=N–C) groups is 1. The second-order valence-corrected chi connectivity index (χ2v) is 7.36. The fourth-order valence-electron chi connectivity index (χ4n) is 3.84. The van der Waals surface area contributed by atoms with E-state index < -0.39 is 0 Å². The minimum atomic E-state index is 0. The van der Waals surface area contributed by atoms with Crippen molar-refractivity contribution in [1.82, 2.24) is 19.9 Å². The zero-order valence-corrected chi connectivity index (χ0v) is 18.9. The number of piperazine rings is 1. The lowest BCUT2D eigenvalue weighted by atomic mass is 9.97. The molecule has 156 valence electrons. The Morgan fingerprint density at radius 2 is 1.59 bits per heavy atom. The number of aromatic nitrogens is 3. The highest BCUT2D eigenvalue weighted by molar-refractivity contribution is 14.0. The van der Waals surface area contributed by atoms with E-state index in [-0.39, 0.29) is 24.0 Å². The highest BCUT2D eigenvalue weighted by Gasteiger charge is 2.22. The summed E-state index contributed by atoms with van der Waals surface area (Å²) in [6.07, 6.45) is 9.58. The largest absolute Gasteiger partial charge is 0.371 e. The number of hydrogen-bond donors (Lipinski definition) is 1. The van der Waals surface area contributed by atoms with E-state index >= 15 is 0 Å². The number of pyridine rings is 1. The van der Waals surface area contributed by atoms with Crippen LogP contribution in [-0.4, -0.2) is 71.6 Å². The molecule has 4 heterocycles. The molecule has 0 atom stereocenters. The van der Waals surface area contributed by atoms with Crippen LogP contribution in [0.25, 0.3) is 0 Å². The summed E-state index contributed by atoms with van der Waals surface area (Å²) in [6, 6.07) is 6.00. The van der Waals surface area contributed by atoms with Gasteiger partial charge < -0.3 is 20.4 Å². The van der Waals surface area contributed by atoms with E-state index in [0.717, 1.165) is 64.6 Å². The Morgan fingerprint density at radius 3 is 2.24 bits per heavy atom. The summed E-state index contributed by atoms with van der Waals surface area (Å²) < 4.78 is 0. The molecule has 0 aliphatic carbocycles. The van der Waals surface area contributed by atoms with Gasteiger partial charge in [0.1, 0.15) is 0 Å². The first kappa shape index (κ1) is 21.5. The van der Waals surface area contributed by atoms with Gasteiger partial charge in [0.05, 0.1) is 0 Å². The molecule has 2 N–H and O–H groups in total. The molecule has 2 saturated heterocycles. The Morgan fingerprint density at radius 1 is 0.931 bits per heavy atom. The van der Waals surface area contributed by atoms with Crippen LogP contribution in [0.15, 0.2) is 48.0 Å². The minimum absolute atomic E-state index is 0. The van der Waals surface area contributed by atoms with Gasteiger partial charge >= 0.3 is 0 Å². The number of piperidine rings is 1. The lowest BCUT2D eigenvalue weighted by Crippen LogP contribution is -2.51. The maximum Gasteiger partial charge on any atom is 0.225 e. The van der Waals surface area contributed by atoms with Gasteiger partial charge in [-0.05, 0) is 37.0 Å². The van der Waals surface area contributed by atoms with E-state index in [4.69, 9.17) is 10.7 Å². The second kappa shape index (κ2) is 10.6. The smallest absolute Gasteiger partial charge is 0.225 e. The van der Waals surface area contributed by atoms with Crippen molar-refractivity contribution in [2.45, 2.75) is 12.8 Å². The van der Waals surface area contributed by atoms with Crippen LogP contribution in [0.2, 0.25) is 0 Å². The molecule has 9 heteroatoms. The Kier molecular flexibility index (Phi) is 7.84. The van der Waals surface area contributed by atoms with Crippen LogP contribution in [0, 0.1) is 5.92 Å². The lowest BCUT2D eigenvalue weighted by molar-refractivity contribution is 0.372.